The molecule has 3 heterocycles. The van der Waals surface area contributed by atoms with E-state index in [9.17, 15) is 0 Å². The molecule has 5 rings (SSSR count). The second-order valence-corrected chi connectivity index (χ2v) is 8.45. The van der Waals surface area contributed by atoms with Crippen LogP contribution >= 0.6 is 11.3 Å². The van der Waals surface area contributed by atoms with Crippen LogP contribution in [0.2, 0.25) is 0 Å². The van der Waals surface area contributed by atoms with Gasteiger partial charge in [0.2, 0.25) is 6.79 Å². The van der Waals surface area contributed by atoms with Crippen molar-refractivity contribution in [2.45, 2.75) is 13.5 Å². The Balaban J connectivity index is 1.48. The van der Waals surface area contributed by atoms with Crippen LogP contribution in [-0.2, 0) is 11.3 Å². The van der Waals surface area contributed by atoms with E-state index in [4.69, 9.17) is 23.9 Å². The van der Waals surface area contributed by atoms with Crippen molar-refractivity contribution in [1.29, 1.82) is 0 Å². The molecule has 0 amide bonds. The molecule has 0 radical (unpaired) electrons. The number of fused-ring (bicyclic) bond motifs is 1. The fraction of sp³-hybridized carbons (Fsp3) is 0.375. The number of thiazole rings is 1. The molecule has 1 aromatic heterocycles. The number of aromatic nitrogens is 1. The van der Waals surface area contributed by atoms with Gasteiger partial charge in [-0.2, -0.15) is 0 Å². The van der Waals surface area contributed by atoms with Crippen molar-refractivity contribution in [2.75, 3.05) is 46.2 Å². The highest BCUT2D eigenvalue weighted by molar-refractivity contribution is 7.07. The van der Waals surface area contributed by atoms with E-state index < -0.39 is 0 Å². The van der Waals surface area contributed by atoms with Gasteiger partial charge in [0.15, 0.2) is 16.3 Å². The molecule has 3 aromatic rings. The fourth-order valence-electron chi connectivity index (χ4n) is 3.88. The lowest BCUT2D eigenvalue weighted by Crippen LogP contribution is -2.39. The third-order valence-electron chi connectivity index (χ3n) is 5.58. The van der Waals surface area contributed by atoms with Gasteiger partial charge >= 0.3 is 0 Å². The summed E-state index contributed by atoms with van der Waals surface area (Å²) in [5.41, 5.74) is 3.14. The van der Waals surface area contributed by atoms with Gasteiger partial charge in [-0.25, -0.2) is 4.99 Å². The van der Waals surface area contributed by atoms with E-state index in [2.05, 4.69) is 27.0 Å². The molecule has 1 saturated heterocycles. The zero-order valence-corrected chi connectivity index (χ0v) is 19.0. The van der Waals surface area contributed by atoms with Crippen molar-refractivity contribution in [2.24, 2.45) is 4.99 Å². The molecule has 0 bridgehead atoms. The lowest BCUT2D eigenvalue weighted by atomic mass is 10.1. The molecule has 168 valence electrons. The summed E-state index contributed by atoms with van der Waals surface area (Å²) in [6, 6.07) is 14.0. The molecule has 2 aromatic carbocycles. The maximum atomic E-state index is 5.60. The van der Waals surface area contributed by atoms with E-state index in [1.165, 1.54) is 0 Å². The second-order valence-electron chi connectivity index (χ2n) is 7.62. The summed E-state index contributed by atoms with van der Waals surface area (Å²) in [6.45, 7) is 8.25. The van der Waals surface area contributed by atoms with Crippen LogP contribution < -0.4 is 19.0 Å². The number of morpholine rings is 1. The van der Waals surface area contributed by atoms with Crippen molar-refractivity contribution >= 4 is 17.0 Å². The Morgan fingerprint density at radius 3 is 2.62 bits per heavy atom. The van der Waals surface area contributed by atoms with Gasteiger partial charge < -0.3 is 23.5 Å². The molecule has 2 aliphatic heterocycles. The highest BCUT2D eigenvalue weighted by Gasteiger charge is 2.17. The first-order valence-corrected chi connectivity index (χ1v) is 11.8. The Morgan fingerprint density at radius 2 is 1.81 bits per heavy atom. The lowest BCUT2D eigenvalue weighted by molar-refractivity contribution is 0.0363. The largest absolute Gasteiger partial charge is 0.494 e. The van der Waals surface area contributed by atoms with Gasteiger partial charge in [-0.1, -0.05) is 0 Å². The summed E-state index contributed by atoms with van der Waals surface area (Å²) in [5, 5.41) is 2.17. The quantitative estimate of drug-likeness (QED) is 0.543. The monoisotopic (exact) mass is 453 g/mol. The Kier molecular flexibility index (Phi) is 6.43. The van der Waals surface area contributed by atoms with E-state index in [1.807, 2.05) is 37.3 Å². The molecule has 0 spiro atoms. The Morgan fingerprint density at radius 1 is 1.00 bits per heavy atom. The molecule has 8 heteroatoms. The van der Waals surface area contributed by atoms with Crippen LogP contribution in [-0.4, -0.2) is 55.7 Å². The molecule has 2 aliphatic rings. The standard InChI is InChI=1S/C24H27N3O4S/c1-2-29-20-6-4-19(5-7-20)25-24-27(10-9-26-11-13-28-14-12-26)21(16-32-24)18-3-8-22-23(15-18)31-17-30-22/h3-8,15-16H,2,9-14,17H2,1H3. The Labute approximate surface area is 191 Å². The second kappa shape index (κ2) is 9.77. The molecule has 0 saturated carbocycles. The number of rotatable bonds is 7. The number of benzene rings is 2. The van der Waals surface area contributed by atoms with Crippen LogP contribution in [0.3, 0.4) is 0 Å². The third-order valence-corrected chi connectivity index (χ3v) is 6.45. The minimum absolute atomic E-state index is 0.276. The fourth-order valence-corrected chi connectivity index (χ4v) is 4.84. The summed E-state index contributed by atoms with van der Waals surface area (Å²) in [4.78, 5) is 8.36. The summed E-state index contributed by atoms with van der Waals surface area (Å²) in [7, 11) is 0. The van der Waals surface area contributed by atoms with Crippen LogP contribution in [0.4, 0.5) is 5.69 Å². The molecule has 0 unspecified atom stereocenters. The van der Waals surface area contributed by atoms with Crippen molar-refractivity contribution in [3.05, 3.63) is 52.6 Å². The SMILES string of the molecule is CCOc1ccc(N=c2scc(-c3ccc4c(c3)OCO4)n2CCN2CCOCC2)cc1. The Hall–Kier alpha value is -2.81. The number of hydrogen-bond donors (Lipinski definition) is 0. The average Bonchev–Trinajstić information content (AvgIpc) is 3.46. The first-order chi connectivity index (χ1) is 15.8. The molecular weight excluding hydrogens is 426 g/mol. The van der Waals surface area contributed by atoms with Crippen molar-refractivity contribution < 1.29 is 18.9 Å². The van der Waals surface area contributed by atoms with E-state index >= 15 is 0 Å². The number of hydrogen-bond acceptors (Lipinski definition) is 7. The summed E-state index contributed by atoms with van der Waals surface area (Å²) >= 11 is 1.65. The van der Waals surface area contributed by atoms with Gasteiger partial charge in [0, 0.05) is 37.1 Å². The van der Waals surface area contributed by atoms with Gasteiger partial charge in [-0.05, 0) is 49.4 Å². The zero-order chi connectivity index (χ0) is 21.8. The summed E-state index contributed by atoms with van der Waals surface area (Å²) in [6.07, 6.45) is 0. The van der Waals surface area contributed by atoms with Gasteiger partial charge in [0.25, 0.3) is 0 Å². The minimum Gasteiger partial charge on any atom is -0.494 e. The van der Waals surface area contributed by atoms with Crippen molar-refractivity contribution in [3.63, 3.8) is 0 Å². The first kappa shape index (κ1) is 21.1. The molecule has 0 N–H and O–H groups in total. The topological polar surface area (TPSA) is 57.5 Å². The maximum absolute atomic E-state index is 5.60. The summed E-state index contributed by atoms with van der Waals surface area (Å²) < 4.78 is 24.4. The normalized spacial score (nSPS) is 16.5. The van der Waals surface area contributed by atoms with Crippen LogP contribution in [0.15, 0.2) is 52.8 Å². The van der Waals surface area contributed by atoms with Crippen LogP contribution in [0.1, 0.15) is 6.92 Å². The first-order valence-electron chi connectivity index (χ1n) is 11.0. The van der Waals surface area contributed by atoms with E-state index in [0.29, 0.717) is 6.61 Å². The van der Waals surface area contributed by atoms with Gasteiger partial charge in [-0.15, -0.1) is 11.3 Å². The molecular formula is C24H27N3O4S. The van der Waals surface area contributed by atoms with Gasteiger partial charge in [0.05, 0.1) is 31.2 Å². The van der Waals surface area contributed by atoms with E-state index in [1.54, 1.807) is 11.3 Å². The van der Waals surface area contributed by atoms with Crippen LogP contribution in [0.25, 0.3) is 11.3 Å². The highest BCUT2D eigenvalue weighted by Crippen LogP contribution is 2.36. The summed E-state index contributed by atoms with van der Waals surface area (Å²) in [5.74, 6) is 2.44. The molecule has 0 atom stereocenters. The molecule has 0 aliphatic carbocycles. The average molecular weight is 454 g/mol. The third kappa shape index (κ3) is 4.67. The molecule has 1 fully saturated rings. The lowest BCUT2D eigenvalue weighted by Gasteiger charge is -2.26. The number of nitrogens with zero attached hydrogens (tertiary/aromatic N) is 3. The molecule has 7 nitrogen and oxygen atoms in total. The van der Waals surface area contributed by atoms with Gasteiger partial charge in [0.1, 0.15) is 5.75 Å². The number of ether oxygens (including phenoxy) is 4. The highest BCUT2D eigenvalue weighted by atomic mass is 32.1. The van der Waals surface area contributed by atoms with Crippen LogP contribution in [0.5, 0.6) is 17.2 Å². The minimum atomic E-state index is 0.276. The molecule has 32 heavy (non-hydrogen) atoms. The maximum Gasteiger partial charge on any atom is 0.231 e. The van der Waals surface area contributed by atoms with Crippen LogP contribution in [0, 0.1) is 0 Å². The van der Waals surface area contributed by atoms with E-state index in [-0.39, 0.29) is 6.79 Å². The zero-order valence-electron chi connectivity index (χ0n) is 18.2. The Bertz CT molecular complexity index is 1120. The van der Waals surface area contributed by atoms with Crippen molar-refractivity contribution in [3.8, 4) is 28.5 Å². The predicted octanol–water partition coefficient (Wildman–Crippen LogP) is 3.91. The smallest absolute Gasteiger partial charge is 0.231 e. The van der Waals surface area contributed by atoms with Gasteiger partial charge in [-0.3, -0.25) is 4.90 Å². The van der Waals surface area contributed by atoms with Crippen molar-refractivity contribution in [1.82, 2.24) is 9.47 Å². The predicted molar refractivity (Wildman–Crippen MR) is 124 cm³/mol. The van der Waals surface area contributed by atoms with E-state index in [0.717, 1.165) is 78.4 Å².